The maximum atomic E-state index is 10.3. The molecule has 0 radical (unpaired) electrons. The smallest absolute Gasteiger partial charge is 0.0846 e. The van der Waals surface area contributed by atoms with Crippen LogP contribution in [0.3, 0.4) is 0 Å². The van der Waals surface area contributed by atoms with Crippen LogP contribution >= 0.6 is 11.3 Å². The Kier molecular flexibility index (Phi) is 3.31. The van der Waals surface area contributed by atoms with Gasteiger partial charge in [0.15, 0.2) is 0 Å². The van der Waals surface area contributed by atoms with Gasteiger partial charge in [-0.2, -0.15) is 5.10 Å². The normalized spacial score (nSPS) is 12.9. The van der Waals surface area contributed by atoms with E-state index in [-0.39, 0.29) is 0 Å². The highest BCUT2D eigenvalue weighted by Gasteiger charge is 2.11. The highest BCUT2D eigenvalue weighted by Crippen LogP contribution is 2.24. The second-order valence-electron chi connectivity index (χ2n) is 4.50. The highest BCUT2D eigenvalue weighted by atomic mass is 32.1. The number of aliphatic hydroxyl groups excluding tert-OH is 1. The predicted molar refractivity (Wildman–Crippen MR) is 76.2 cm³/mol. The number of nitrogens with zero attached hydrogens (tertiary/aromatic N) is 3. The van der Waals surface area contributed by atoms with Crippen molar-refractivity contribution < 1.29 is 5.11 Å². The fourth-order valence-electron chi connectivity index (χ4n) is 2.07. The van der Waals surface area contributed by atoms with Crippen LogP contribution in [0.5, 0.6) is 0 Å². The molecule has 19 heavy (non-hydrogen) atoms. The monoisotopic (exact) mass is 273 g/mol. The third kappa shape index (κ3) is 2.52. The van der Waals surface area contributed by atoms with Crippen molar-refractivity contribution in [3.63, 3.8) is 0 Å². The second-order valence-corrected chi connectivity index (χ2v) is 5.44. The predicted octanol–water partition coefficient (Wildman–Crippen LogP) is 2.79. The zero-order chi connectivity index (χ0) is 13.2. The van der Waals surface area contributed by atoms with Gasteiger partial charge >= 0.3 is 0 Å². The number of hydrogen-bond donors (Lipinski definition) is 1. The quantitative estimate of drug-likeness (QED) is 0.795. The van der Waals surface area contributed by atoms with Crippen LogP contribution in [0.2, 0.25) is 0 Å². The molecule has 3 aromatic rings. The molecule has 0 aliphatic rings. The standard InChI is InChI=1S/C14H15N3OS/c1-2-17-9-10(7-16-17)5-13(18)11-6-14-12(15-8-11)3-4-19-14/h3-4,6-9,13,18H,2,5H2,1H3. The Balaban J connectivity index is 1.80. The Morgan fingerprint density at radius 3 is 3.11 bits per heavy atom. The maximum Gasteiger partial charge on any atom is 0.0846 e. The first kappa shape index (κ1) is 12.3. The lowest BCUT2D eigenvalue weighted by Crippen LogP contribution is -2.01. The van der Waals surface area contributed by atoms with E-state index >= 15 is 0 Å². The summed E-state index contributed by atoms with van der Waals surface area (Å²) in [4.78, 5) is 4.35. The second kappa shape index (κ2) is 5.11. The molecule has 0 aromatic carbocycles. The van der Waals surface area contributed by atoms with Gasteiger partial charge in [0, 0.05) is 30.9 Å². The first-order valence-corrected chi connectivity index (χ1v) is 7.17. The summed E-state index contributed by atoms with van der Waals surface area (Å²) >= 11 is 1.64. The number of fused-ring (bicyclic) bond motifs is 1. The molecule has 3 heterocycles. The van der Waals surface area contributed by atoms with Crippen LogP contribution in [0.15, 0.2) is 36.1 Å². The number of aliphatic hydroxyl groups is 1. The fraction of sp³-hybridized carbons (Fsp3) is 0.286. The first-order valence-electron chi connectivity index (χ1n) is 6.29. The summed E-state index contributed by atoms with van der Waals surface area (Å²) in [6.45, 7) is 2.89. The number of aryl methyl sites for hydroxylation is 1. The van der Waals surface area contributed by atoms with Crippen LogP contribution in [0.25, 0.3) is 10.2 Å². The summed E-state index contributed by atoms with van der Waals surface area (Å²) in [5.74, 6) is 0. The Labute approximate surface area is 115 Å². The molecular formula is C14H15N3OS. The molecule has 5 heteroatoms. The van der Waals surface area contributed by atoms with Crippen molar-refractivity contribution in [2.75, 3.05) is 0 Å². The summed E-state index contributed by atoms with van der Waals surface area (Å²) < 4.78 is 2.98. The highest BCUT2D eigenvalue weighted by molar-refractivity contribution is 7.17. The fourth-order valence-corrected chi connectivity index (χ4v) is 2.86. The molecule has 3 aromatic heterocycles. The first-order chi connectivity index (χ1) is 9.26. The SMILES string of the molecule is CCn1cc(CC(O)c2cnc3ccsc3c2)cn1. The zero-order valence-electron chi connectivity index (χ0n) is 10.7. The minimum Gasteiger partial charge on any atom is -0.388 e. The van der Waals surface area contributed by atoms with Gasteiger partial charge in [0.05, 0.1) is 22.5 Å². The van der Waals surface area contributed by atoms with Crippen molar-refractivity contribution >= 4 is 21.6 Å². The third-order valence-electron chi connectivity index (χ3n) is 3.15. The number of thiophene rings is 1. The summed E-state index contributed by atoms with van der Waals surface area (Å²) in [6.07, 6.45) is 5.57. The molecule has 0 saturated carbocycles. The van der Waals surface area contributed by atoms with Crippen LogP contribution in [0.1, 0.15) is 24.2 Å². The number of pyridine rings is 1. The topological polar surface area (TPSA) is 50.9 Å². The molecule has 0 fully saturated rings. The molecule has 1 atom stereocenters. The van der Waals surface area contributed by atoms with E-state index in [9.17, 15) is 5.11 Å². The molecule has 0 bridgehead atoms. The van der Waals surface area contributed by atoms with E-state index in [0.29, 0.717) is 6.42 Å². The average molecular weight is 273 g/mol. The molecule has 0 spiro atoms. The molecule has 1 unspecified atom stereocenters. The van der Waals surface area contributed by atoms with Crippen LogP contribution in [0, 0.1) is 0 Å². The van der Waals surface area contributed by atoms with E-state index in [2.05, 4.69) is 10.1 Å². The number of rotatable bonds is 4. The molecule has 0 aliphatic carbocycles. The van der Waals surface area contributed by atoms with E-state index in [1.807, 2.05) is 41.5 Å². The van der Waals surface area contributed by atoms with Gasteiger partial charge in [-0.1, -0.05) is 0 Å². The van der Waals surface area contributed by atoms with Gasteiger partial charge < -0.3 is 5.11 Å². The summed E-state index contributed by atoms with van der Waals surface area (Å²) in [5, 5.41) is 16.5. The Bertz CT molecular complexity index is 689. The van der Waals surface area contributed by atoms with Crippen molar-refractivity contribution in [1.82, 2.24) is 14.8 Å². The van der Waals surface area contributed by atoms with Gasteiger partial charge in [0.25, 0.3) is 0 Å². The number of hydrogen-bond acceptors (Lipinski definition) is 4. The third-order valence-corrected chi connectivity index (χ3v) is 4.00. The van der Waals surface area contributed by atoms with Crippen molar-refractivity contribution in [1.29, 1.82) is 0 Å². The van der Waals surface area contributed by atoms with E-state index in [1.165, 1.54) is 0 Å². The Morgan fingerprint density at radius 1 is 1.42 bits per heavy atom. The average Bonchev–Trinajstić information content (AvgIpc) is 3.05. The van der Waals surface area contributed by atoms with Gasteiger partial charge in [0.2, 0.25) is 0 Å². The Hall–Kier alpha value is -1.72. The molecular weight excluding hydrogens is 258 g/mol. The lowest BCUT2D eigenvalue weighted by Gasteiger charge is -2.09. The van der Waals surface area contributed by atoms with Crippen LogP contribution in [-0.4, -0.2) is 19.9 Å². The van der Waals surface area contributed by atoms with Crippen molar-refractivity contribution in [3.8, 4) is 0 Å². The molecule has 98 valence electrons. The molecule has 1 N–H and O–H groups in total. The summed E-state index contributed by atoms with van der Waals surface area (Å²) in [7, 11) is 0. The van der Waals surface area contributed by atoms with Crippen LogP contribution in [0.4, 0.5) is 0 Å². The van der Waals surface area contributed by atoms with Gasteiger partial charge in [-0.3, -0.25) is 9.67 Å². The minimum atomic E-state index is -0.534. The largest absolute Gasteiger partial charge is 0.388 e. The van der Waals surface area contributed by atoms with Gasteiger partial charge in [-0.05, 0) is 30.0 Å². The van der Waals surface area contributed by atoms with E-state index in [0.717, 1.165) is 27.9 Å². The van der Waals surface area contributed by atoms with Crippen molar-refractivity contribution in [2.24, 2.45) is 0 Å². The van der Waals surface area contributed by atoms with E-state index in [4.69, 9.17) is 0 Å². The molecule has 0 saturated heterocycles. The Morgan fingerprint density at radius 2 is 2.32 bits per heavy atom. The minimum absolute atomic E-state index is 0.534. The van der Waals surface area contributed by atoms with Crippen LogP contribution in [-0.2, 0) is 13.0 Å². The maximum absolute atomic E-state index is 10.3. The van der Waals surface area contributed by atoms with Crippen molar-refractivity contribution in [2.45, 2.75) is 26.0 Å². The summed E-state index contributed by atoms with van der Waals surface area (Å²) in [5.41, 5.74) is 2.89. The van der Waals surface area contributed by atoms with Gasteiger partial charge in [-0.25, -0.2) is 0 Å². The lowest BCUT2D eigenvalue weighted by atomic mass is 10.1. The molecule has 4 nitrogen and oxygen atoms in total. The van der Waals surface area contributed by atoms with Gasteiger partial charge in [0.1, 0.15) is 0 Å². The van der Waals surface area contributed by atoms with Gasteiger partial charge in [-0.15, -0.1) is 11.3 Å². The number of aromatic nitrogens is 3. The van der Waals surface area contributed by atoms with E-state index < -0.39 is 6.10 Å². The molecule has 0 aliphatic heterocycles. The molecule has 3 rings (SSSR count). The zero-order valence-corrected chi connectivity index (χ0v) is 11.5. The van der Waals surface area contributed by atoms with E-state index in [1.54, 1.807) is 17.5 Å². The summed E-state index contributed by atoms with van der Waals surface area (Å²) in [6, 6.07) is 4.00. The van der Waals surface area contributed by atoms with Crippen molar-refractivity contribution in [3.05, 3.63) is 47.2 Å². The molecule has 0 amide bonds. The lowest BCUT2D eigenvalue weighted by molar-refractivity contribution is 0.178. The van der Waals surface area contributed by atoms with Crippen LogP contribution < -0.4 is 0 Å².